The van der Waals surface area contributed by atoms with Gasteiger partial charge in [-0.25, -0.2) is 19.8 Å². The minimum Gasteiger partial charge on any atom is -0.388 e. The first-order chi connectivity index (χ1) is 21.7. The fourth-order valence-electron chi connectivity index (χ4n) is 6.45. The lowest BCUT2D eigenvalue weighted by molar-refractivity contribution is -0.102. The molecular formula is C35H43N5O5. The molecule has 2 aliphatic rings. The van der Waals surface area contributed by atoms with E-state index in [1.165, 1.54) is 0 Å². The lowest BCUT2D eigenvalue weighted by atomic mass is 9.92. The molecule has 10 nitrogen and oxygen atoms in total. The van der Waals surface area contributed by atoms with Crippen molar-refractivity contribution in [1.82, 2.24) is 19.7 Å². The van der Waals surface area contributed by atoms with E-state index in [-0.39, 0.29) is 17.7 Å². The molecule has 10 heteroatoms. The zero-order valence-electron chi connectivity index (χ0n) is 26.3. The molecule has 1 aliphatic heterocycles. The zero-order valence-corrected chi connectivity index (χ0v) is 26.3. The summed E-state index contributed by atoms with van der Waals surface area (Å²) in [5, 5.41) is 24.5. The molecule has 0 radical (unpaired) electrons. The number of unbranched alkanes of at least 4 members (excludes halogenated alkanes) is 1. The molecule has 1 atom stereocenters. The van der Waals surface area contributed by atoms with Crippen LogP contribution in [0, 0.1) is 0 Å². The highest BCUT2D eigenvalue weighted by molar-refractivity contribution is 6.04. The molecule has 4 aromatic rings. The third-order valence-corrected chi connectivity index (χ3v) is 8.73. The monoisotopic (exact) mass is 613 g/mol. The van der Waals surface area contributed by atoms with Crippen molar-refractivity contribution < 1.29 is 19.8 Å². The first-order valence-corrected chi connectivity index (χ1v) is 16.0. The maximum Gasteiger partial charge on any atom is 0.280 e. The Kier molecular flexibility index (Phi) is 9.18. The summed E-state index contributed by atoms with van der Waals surface area (Å²) < 4.78 is 9.96. The van der Waals surface area contributed by atoms with E-state index >= 15 is 0 Å². The molecule has 45 heavy (non-hydrogen) atoms. The fraction of sp³-hybridized carbons (Fsp3) is 0.457. The first kappa shape index (κ1) is 31.2. The number of hydroxylamine groups is 1. The number of hydrogen-bond donors (Lipinski definition) is 3. The smallest absolute Gasteiger partial charge is 0.280 e. The minimum atomic E-state index is -1.23. The molecular weight excluding hydrogens is 570 g/mol. The molecule has 1 unspecified atom stereocenters. The predicted octanol–water partition coefficient (Wildman–Crippen LogP) is 4.92. The average molecular weight is 614 g/mol. The van der Waals surface area contributed by atoms with Crippen LogP contribution in [0.3, 0.4) is 0 Å². The molecule has 238 valence electrons. The second kappa shape index (κ2) is 13.3. The molecule has 3 heterocycles. The highest BCUT2D eigenvalue weighted by Crippen LogP contribution is 2.32. The average Bonchev–Trinajstić information content (AvgIpc) is 3.70. The number of aliphatic hydroxyl groups excluding tert-OH is 1. The van der Waals surface area contributed by atoms with E-state index in [0.29, 0.717) is 18.9 Å². The lowest BCUT2D eigenvalue weighted by Crippen LogP contribution is -2.36. The number of fused-ring (bicyclic) bond motifs is 1. The van der Waals surface area contributed by atoms with Gasteiger partial charge in [0.15, 0.2) is 5.84 Å². The van der Waals surface area contributed by atoms with E-state index in [9.17, 15) is 15.0 Å². The van der Waals surface area contributed by atoms with Crippen molar-refractivity contribution in [2.45, 2.75) is 96.3 Å². The number of hydrogen-bond acceptors (Lipinski definition) is 8. The molecule has 0 amide bonds. The molecule has 0 saturated heterocycles. The van der Waals surface area contributed by atoms with Crippen molar-refractivity contribution in [3.63, 3.8) is 0 Å². The second-order valence-corrected chi connectivity index (χ2v) is 12.8. The summed E-state index contributed by atoms with van der Waals surface area (Å²) >= 11 is 0. The molecule has 1 fully saturated rings. The van der Waals surface area contributed by atoms with E-state index in [4.69, 9.17) is 14.7 Å². The standard InChI is InChI=1S/C35H43N5O5/c1-4-5-10-30-29(21-23-11-13-24(14-12-23)27-8-6-7-9-28(27)32-37-34(42)45-38-32)33(41)39(31-19-20-36-40(30)31)25-15-17-26(18-16-25)44-22-35(2,3)43/h6-9,11-14,19-20,25-26,34,42-43H,4-5,10,15-18,21-22H2,1-3H3,(H,37,38). The van der Waals surface area contributed by atoms with Crippen LogP contribution in [0.4, 0.5) is 0 Å². The lowest BCUT2D eigenvalue weighted by Gasteiger charge is -2.32. The minimum absolute atomic E-state index is 0.0612. The Labute approximate surface area is 263 Å². The first-order valence-electron chi connectivity index (χ1n) is 16.0. The second-order valence-electron chi connectivity index (χ2n) is 12.8. The maximum absolute atomic E-state index is 14.4. The Hall–Kier alpha value is -3.83. The van der Waals surface area contributed by atoms with Gasteiger partial charge in [-0.2, -0.15) is 5.10 Å². The number of benzene rings is 2. The number of nitrogens with zero attached hydrogens (tertiary/aromatic N) is 4. The van der Waals surface area contributed by atoms with E-state index < -0.39 is 12.0 Å². The van der Waals surface area contributed by atoms with Crippen molar-refractivity contribution in [2.75, 3.05) is 6.61 Å². The van der Waals surface area contributed by atoms with Crippen LogP contribution < -0.4 is 11.0 Å². The molecule has 0 spiro atoms. The van der Waals surface area contributed by atoms with Crippen molar-refractivity contribution in [1.29, 1.82) is 0 Å². The molecule has 1 saturated carbocycles. The Morgan fingerprint density at radius 1 is 1.04 bits per heavy atom. The number of amidine groups is 1. The number of aromatic nitrogens is 3. The van der Waals surface area contributed by atoms with Crippen LogP contribution in [0.1, 0.15) is 87.7 Å². The molecule has 0 bridgehead atoms. The van der Waals surface area contributed by atoms with Gasteiger partial charge in [0.2, 0.25) is 0 Å². The molecule has 3 N–H and O–H groups in total. The molecule has 2 aromatic heterocycles. The summed E-state index contributed by atoms with van der Waals surface area (Å²) in [6, 6.07) is 18.1. The zero-order chi connectivity index (χ0) is 31.6. The number of ether oxygens (including phenoxy) is 1. The third-order valence-electron chi connectivity index (χ3n) is 8.73. The topological polar surface area (TPSA) is 123 Å². The Bertz CT molecular complexity index is 1710. The van der Waals surface area contributed by atoms with Gasteiger partial charge in [-0.15, -0.1) is 0 Å². The molecule has 2 aromatic carbocycles. The summed E-state index contributed by atoms with van der Waals surface area (Å²) in [6.45, 7) is 5.98. The van der Waals surface area contributed by atoms with Crippen molar-refractivity contribution in [3.8, 4) is 11.1 Å². The van der Waals surface area contributed by atoms with Crippen LogP contribution in [0.25, 0.3) is 16.8 Å². The van der Waals surface area contributed by atoms with Crippen LogP contribution in [-0.4, -0.2) is 55.0 Å². The van der Waals surface area contributed by atoms with Gasteiger partial charge >= 0.3 is 0 Å². The summed E-state index contributed by atoms with van der Waals surface area (Å²) in [7, 11) is 0. The molecule has 1 aliphatic carbocycles. The van der Waals surface area contributed by atoms with Crippen molar-refractivity contribution in [3.05, 3.63) is 93.5 Å². The van der Waals surface area contributed by atoms with Crippen LogP contribution in [0.2, 0.25) is 0 Å². The van der Waals surface area contributed by atoms with Gasteiger partial charge < -0.3 is 14.9 Å². The number of aryl methyl sites for hydroxylation is 1. The van der Waals surface area contributed by atoms with Crippen molar-refractivity contribution >= 4 is 11.5 Å². The molecule has 6 rings (SSSR count). The van der Waals surface area contributed by atoms with Gasteiger partial charge in [-0.3, -0.25) is 9.36 Å². The van der Waals surface area contributed by atoms with Gasteiger partial charge in [-0.05, 0) is 69.1 Å². The number of aliphatic hydroxyl groups is 2. The van der Waals surface area contributed by atoms with Crippen LogP contribution in [0.15, 0.2) is 70.6 Å². The van der Waals surface area contributed by atoms with Gasteiger partial charge in [0, 0.05) is 29.7 Å². The summed E-state index contributed by atoms with van der Waals surface area (Å²) in [4.78, 5) is 23.5. The van der Waals surface area contributed by atoms with Gasteiger partial charge in [0.1, 0.15) is 5.65 Å². The largest absolute Gasteiger partial charge is 0.388 e. The van der Waals surface area contributed by atoms with Crippen molar-refractivity contribution in [2.24, 2.45) is 4.99 Å². The quantitative estimate of drug-likeness (QED) is 0.219. The van der Waals surface area contributed by atoms with Crippen LogP contribution in [0.5, 0.6) is 0 Å². The normalized spacial score (nSPS) is 20.4. The van der Waals surface area contributed by atoms with E-state index in [1.807, 2.05) is 39.4 Å². The number of rotatable bonds is 11. The third kappa shape index (κ3) is 6.89. The van der Waals surface area contributed by atoms with Gasteiger partial charge in [0.25, 0.3) is 12.0 Å². The number of nitrogens with one attached hydrogen (secondary N) is 1. The highest BCUT2D eigenvalue weighted by atomic mass is 16.7. The SMILES string of the molecule is CCCCc1c(Cc2ccc(-c3ccccc3C3=NC(O)ON3)cc2)c(=O)n(C2CCC(OCC(C)(C)O)CC2)c2ccnn12. The Morgan fingerprint density at radius 3 is 2.44 bits per heavy atom. The van der Waals surface area contributed by atoms with Crippen LogP contribution >= 0.6 is 0 Å². The predicted molar refractivity (Wildman–Crippen MR) is 173 cm³/mol. The van der Waals surface area contributed by atoms with Crippen LogP contribution in [-0.2, 0) is 22.4 Å². The summed E-state index contributed by atoms with van der Waals surface area (Å²) in [6.07, 6.45) is 7.30. The van der Waals surface area contributed by atoms with E-state index in [0.717, 1.165) is 84.1 Å². The van der Waals surface area contributed by atoms with Gasteiger partial charge in [-0.1, -0.05) is 61.9 Å². The Morgan fingerprint density at radius 2 is 1.78 bits per heavy atom. The number of aliphatic imine (C=N–C) groups is 1. The highest BCUT2D eigenvalue weighted by Gasteiger charge is 2.29. The summed E-state index contributed by atoms with van der Waals surface area (Å²) in [5.41, 5.74) is 8.36. The van der Waals surface area contributed by atoms with Gasteiger partial charge in [0.05, 0.1) is 30.2 Å². The summed E-state index contributed by atoms with van der Waals surface area (Å²) in [5.74, 6) is 0.480. The fourth-order valence-corrected chi connectivity index (χ4v) is 6.45. The van der Waals surface area contributed by atoms with E-state index in [2.05, 4.69) is 41.7 Å². The maximum atomic E-state index is 14.4. The van der Waals surface area contributed by atoms with E-state index in [1.54, 1.807) is 20.0 Å². The Balaban J connectivity index is 1.30.